The Balaban J connectivity index is 1.91. The molecule has 0 aliphatic rings. The molecule has 0 saturated heterocycles. The van der Waals surface area contributed by atoms with Crippen molar-refractivity contribution in [3.8, 4) is 0 Å². The molecule has 1 N–H and O–H groups in total. The van der Waals surface area contributed by atoms with Crippen molar-refractivity contribution in [1.82, 2.24) is 15.1 Å². The number of nitrogens with one attached hydrogen (secondary N) is 1. The quantitative estimate of drug-likeness (QED) is 0.880. The number of nitrogens with zero attached hydrogens (tertiary/aromatic N) is 2. The zero-order valence-corrected chi connectivity index (χ0v) is 13.9. The summed E-state index contributed by atoms with van der Waals surface area (Å²) in [5.74, 6) is 0.475. The maximum atomic E-state index is 4.55. The van der Waals surface area contributed by atoms with Crippen LogP contribution < -0.4 is 5.32 Å². The average Bonchev–Trinajstić information content (AvgIpc) is 2.93. The van der Waals surface area contributed by atoms with Crippen molar-refractivity contribution < 1.29 is 0 Å². The molecule has 2 heterocycles. The van der Waals surface area contributed by atoms with E-state index in [4.69, 9.17) is 0 Å². The molecule has 0 aliphatic carbocycles. The van der Waals surface area contributed by atoms with Crippen molar-refractivity contribution in [2.75, 3.05) is 0 Å². The van der Waals surface area contributed by atoms with Crippen LogP contribution in [0.5, 0.6) is 0 Å². The Bertz CT molecular complexity index is 554. The molecule has 0 saturated carbocycles. The summed E-state index contributed by atoms with van der Waals surface area (Å²) in [6.45, 7) is 9.71. The summed E-state index contributed by atoms with van der Waals surface area (Å²) in [6, 6.07) is 4.92. The number of rotatable bonds is 6. The molecule has 0 aliphatic heterocycles. The molecule has 110 valence electrons. The fourth-order valence-corrected chi connectivity index (χ4v) is 3.45. The van der Waals surface area contributed by atoms with Gasteiger partial charge in [0.05, 0.1) is 5.69 Å². The van der Waals surface area contributed by atoms with Crippen LogP contribution in [0.4, 0.5) is 0 Å². The molecule has 1 atom stereocenters. The van der Waals surface area contributed by atoms with E-state index in [1.165, 1.54) is 21.0 Å². The monoisotopic (exact) mass is 291 g/mol. The molecule has 2 aromatic heterocycles. The van der Waals surface area contributed by atoms with E-state index in [1.807, 2.05) is 23.1 Å². The molecule has 0 radical (unpaired) electrons. The van der Waals surface area contributed by atoms with Gasteiger partial charge in [-0.15, -0.1) is 11.3 Å². The Labute approximate surface area is 126 Å². The van der Waals surface area contributed by atoms with Crippen molar-refractivity contribution in [3.63, 3.8) is 0 Å². The van der Waals surface area contributed by atoms with Crippen LogP contribution in [-0.4, -0.2) is 15.8 Å². The van der Waals surface area contributed by atoms with E-state index in [0.717, 1.165) is 13.0 Å². The lowest BCUT2D eigenvalue weighted by Crippen LogP contribution is -2.27. The highest BCUT2D eigenvalue weighted by atomic mass is 32.1. The third-order valence-electron chi connectivity index (χ3n) is 3.43. The minimum absolute atomic E-state index is 0.475. The van der Waals surface area contributed by atoms with Crippen molar-refractivity contribution in [2.45, 2.75) is 52.6 Å². The Morgan fingerprint density at radius 3 is 2.65 bits per heavy atom. The van der Waals surface area contributed by atoms with Crippen LogP contribution in [0.2, 0.25) is 0 Å². The number of aromatic nitrogens is 2. The lowest BCUT2D eigenvalue weighted by molar-refractivity contribution is 0.545. The zero-order chi connectivity index (χ0) is 14.7. The van der Waals surface area contributed by atoms with Crippen molar-refractivity contribution in [1.29, 1.82) is 0 Å². The van der Waals surface area contributed by atoms with Gasteiger partial charge in [0.1, 0.15) is 0 Å². The lowest BCUT2D eigenvalue weighted by Gasteiger charge is -2.13. The van der Waals surface area contributed by atoms with Gasteiger partial charge < -0.3 is 5.32 Å². The molecule has 4 heteroatoms. The first kappa shape index (κ1) is 15.3. The Morgan fingerprint density at radius 2 is 2.05 bits per heavy atom. The van der Waals surface area contributed by atoms with Gasteiger partial charge in [-0.05, 0) is 38.3 Å². The van der Waals surface area contributed by atoms with Gasteiger partial charge in [0.2, 0.25) is 0 Å². The molecular formula is C16H25N3S. The topological polar surface area (TPSA) is 29.9 Å². The molecule has 2 aromatic rings. The van der Waals surface area contributed by atoms with Crippen LogP contribution >= 0.6 is 11.3 Å². The Hall–Kier alpha value is -1.13. The molecule has 1 unspecified atom stereocenters. The summed E-state index contributed by atoms with van der Waals surface area (Å²) in [7, 11) is 1.99. The van der Waals surface area contributed by atoms with E-state index < -0.39 is 0 Å². The lowest BCUT2D eigenvalue weighted by atomic mass is 10.1. The highest BCUT2D eigenvalue weighted by Gasteiger charge is 2.12. The van der Waals surface area contributed by atoms with Gasteiger partial charge in [0, 0.05) is 41.1 Å². The van der Waals surface area contributed by atoms with Gasteiger partial charge >= 0.3 is 0 Å². The van der Waals surface area contributed by atoms with Crippen LogP contribution in [0.15, 0.2) is 18.3 Å². The van der Waals surface area contributed by atoms with Gasteiger partial charge in [-0.2, -0.15) is 5.10 Å². The van der Waals surface area contributed by atoms with Crippen molar-refractivity contribution in [2.24, 2.45) is 7.05 Å². The summed E-state index contributed by atoms with van der Waals surface area (Å²) in [5.41, 5.74) is 2.52. The minimum atomic E-state index is 0.475. The van der Waals surface area contributed by atoms with Gasteiger partial charge in [0.15, 0.2) is 0 Å². The van der Waals surface area contributed by atoms with E-state index >= 15 is 0 Å². The number of thiophene rings is 1. The maximum absolute atomic E-state index is 4.55. The second-order valence-corrected chi connectivity index (χ2v) is 7.24. The number of aryl methyl sites for hydroxylation is 2. The van der Waals surface area contributed by atoms with E-state index in [-0.39, 0.29) is 0 Å². The molecule has 3 nitrogen and oxygen atoms in total. The predicted octanol–water partition coefficient (Wildman–Crippen LogP) is 3.63. The van der Waals surface area contributed by atoms with Gasteiger partial charge in [0.25, 0.3) is 0 Å². The predicted molar refractivity (Wildman–Crippen MR) is 86.4 cm³/mol. The molecule has 0 fully saturated rings. The number of hydrogen-bond acceptors (Lipinski definition) is 3. The van der Waals surface area contributed by atoms with Gasteiger partial charge in [-0.25, -0.2) is 0 Å². The molecular weight excluding hydrogens is 266 g/mol. The van der Waals surface area contributed by atoms with Crippen LogP contribution in [0, 0.1) is 6.92 Å². The molecule has 0 spiro atoms. The Kier molecular flexibility index (Phi) is 5.00. The summed E-state index contributed by atoms with van der Waals surface area (Å²) in [4.78, 5) is 2.85. The van der Waals surface area contributed by atoms with E-state index in [2.05, 4.69) is 56.4 Å². The van der Waals surface area contributed by atoms with Crippen LogP contribution in [0.3, 0.4) is 0 Å². The minimum Gasteiger partial charge on any atom is -0.310 e. The molecule has 2 rings (SSSR count). The molecule has 0 bridgehead atoms. The fourth-order valence-electron chi connectivity index (χ4n) is 2.43. The average molecular weight is 291 g/mol. The van der Waals surface area contributed by atoms with E-state index in [0.29, 0.717) is 12.0 Å². The summed E-state index contributed by atoms with van der Waals surface area (Å²) in [5, 5.41) is 8.17. The zero-order valence-electron chi connectivity index (χ0n) is 13.1. The first-order chi connectivity index (χ1) is 9.45. The van der Waals surface area contributed by atoms with E-state index in [1.54, 1.807) is 0 Å². The van der Waals surface area contributed by atoms with Crippen molar-refractivity contribution >= 4 is 11.3 Å². The first-order valence-electron chi connectivity index (χ1n) is 7.26. The normalized spacial score (nSPS) is 13.1. The summed E-state index contributed by atoms with van der Waals surface area (Å²) < 4.78 is 1.92. The fraction of sp³-hybridized carbons (Fsp3) is 0.562. The van der Waals surface area contributed by atoms with Crippen LogP contribution in [0.1, 0.15) is 47.7 Å². The maximum Gasteiger partial charge on any atom is 0.0694 e. The summed E-state index contributed by atoms with van der Waals surface area (Å²) in [6.07, 6.45) is 3.22. The summed E-state index contributed by atoms with van der Waals surface area (Å²) >= 11 is 1.89. The molecule has 0 aromatic carbocycles. The molecule has 20 heavy (non-hydrogen) atoms. The first-order valence-corrected chi connectivity index (χ1v) is 8.08. The second kappa shape index (κ2) is 6.55. The third kappa shape index (κ3) is 3.93. The Morgan fingerprint density at radius 1 is 1.30 bits per heavy atom. The largest absolute Gasteiger partial charge is 0.310 e. The van der Waals surface area contributed by atoms with E-state index in [9.17, 15) is 0 Å². The highest BCUT2D eigenvalue weighted by Crippen LogP contribution is 2.19. The SMILES string of the molecule is Cc1ccc(CC(C)NCc2cn(C)nc2C(C)C)s1. The second-order valence-electron chi connectivity index (χ2n) is 5.87. The van der Waals surface area contributed by atoms with Gasteiger partial charge in [-0.1, -0.05) is 13.8 Å². The number of hydrogen-bond donors (Lipinski definition) is 1. The highest BCUT2D eigenvalue weighted by molar-refractivity contribution is 7.11. The van der Waals surface area contributed by atoms with Crippen LogP contribution in [0.25, 0.3) is 0 Å². The standard InChI is InChI=1S/C16H25N3S/c1-11(2)16-14(10-19(5)18-16)9-17-12(3)8-15-7-6-13(4)20-15/h6-7,10-12,17H,8-9H2,1-5H3. The smallest absolute Gasteiger partial charge is 0.0694 e. The van der Waals surface area contributed by atoms with Crippen molar-refractivity contribution in [3.05, 3.63) is 39.3 Å². The third-order valence-corrected chi connectivity index (χ3v) is 4.45. The van der Waals surface area contributed by atoms with Crippen LogP contribution in [-0.2, 0) is 20.0 Å². The molecule has 0 amide bonds. The van der Waals surface area contributed by atoms with Gasteiger partial charge in [-0.3, -0.25) is 4.68 Å².